The van der Waals surface area contributed by atoms with Crippen LogP contribution in [0.4, 0.5) is 5.82 Å². The number of hydrogen-bond acceptors (Lipinski definition) is 6. The maximum absolute atomic E-state index is 10.9. The third kappa shape index (κ3) is 2.74. The summed E-state index contributed by atoms with van der Waals surface area (Å²) < 4.78 is 10.0. The van der Waals surface area contributed by atoms with E-state index in [0.29, 0.717) is 5.69 Å². The van der Waals surface area contributed by atoms with Gasteiger partial charge in [0.25, 0.3) is 0 Å². The molecule has 2 aromatic rings. The SMILES string of the molecule is Cc1ccc(OCc2ccoc2C(=O)O)c([N+](=O)[O-])n1. The van der Waals surface area contributed by atoms with E-state index in [2.05, 4.69) is 4.98 Å². The zero-order valence-electron chi connectivity index (χ0n) is 10.4. The Labute approximate surface area is 112 Å². The normalized spacial score (nSPS) is 10.2. The van der Waals surface area contributed by atoms with Crippen LogP contribution < -0.4 is 4.74 Å². The molecule has 0 aromatic carbocycles. The summed E-state index contributed by atoms with van der Waals surface area (Å²) in [4.78, 5) is 24.8. The van der Waals surface area contributed by atoms with Crippen LogP contribution in [-0.2, 0) is 6.61 Å². The van der Waals surface area contributed by atoms with Crippen LogP contribution in [0.25, 0.3) is 0 Å². The quantitative estimate of drug-likeness (QED) is 0.658. The highest BCUT2D eigenvalue weighted by molar-refractivity contribution is 5.86. The van der Waals surface area contributed by atoms with E-state index in [4.69, 9.17) is 14.3 Å². The van der Waals surface area contributed by atoms with Gasteiger partial charge in [-0.1, -0.05) is 0 Å². The van der Waals surface area contributed by atoms with E-state index in [1.807, 2.05) is 0 Å². The summed E-state index contributed by atoms with van der Waals surface area (Å²) in [5.41, 5.74) is 0.769. The molecule has 0 aliphatic heterocycles. The number of furan rings is 1. The van der Waals surface area contributed by atoms with Crippen molar-refractivity contribution in [3.05, 3.63) is 51.6 Å². The second-order valence-corrected chi connectivity index (χ2v) is 3.90. The standard InChI is InChI=1S/C12H10N2O6/c1-7-2-3-9(11(13-7)14(17)18)20-6-8-4-5-19-10(8)12(15)16/h2-5H,6H2,1H3,(H,15,16). The van der Waals surface area contributed by atoms with Gasteiger partial charge >= 0.3 is 11.8 Å². The molecule has 8 heteroatoms. The van der Waals surface area contributed by atoms with Crippen molar-refractivity contribution in [3.8, 4) is 5.75 Å². The highest BCUT2D eigenvalue weighted by atomic mass is 16.6. The first-order chi connectivity index (χ1) is 9.49. The maximum atomic E-state index is 10.9. The Balaban J connectivity index is 2.21. The van der Waals surface area contributed by atoms with Gasteiger partial charge in [0, 0.05) is 12.5 Å². The van der Waals surface area contributed by atoms with Gasteiger partial charge in [-0.3, -0.25) is 0 Å². The molecule has 2 aromatic heterocycles. The fourth-order valence-corrected chi connectivity index (χ4v) is 1.57. The Bertz CT molecular complexity index is 664. The van der Waals surface area contributed by atoms with Crippen LogP contribution in [0.5, 0.6) is 5.75 Å². The molecule has 0 spiro atoms. The molecule has 0 aliphatic carbocycles. The lowest BCUT2D eigenvalue weighted by Crippen LogP contribution is -2.04. The van der Waals surface area contributed by atoms with Crippen LogP contribution in [0.15, 0.2) is 28.9 Å². The van der Waals surface area contributed by atoms with Crippen molar-refractivity contribution < 1.29 is 24.0 Å². The van der Waals surface area contributed by atoms with Gasteiger partial charge < -0.3 is 24.4 Å². The molecule has 0 radical (unpaired) electrons. The zero-order chi connectivity index (χ0) is 14.7. The monoisotopic (exact) mass is 278 g/mol. The summed E-state index contributed by atoms with van der Waals surface area (Å²) in [6.45, 7) is 1.46. The Kier molecular flexibility index (Phi) is 3.65. The number of aryl methyl sites for hydroxylation is 1. The number of hydrogen-bond donors (Lipinski definition) is 1. The van der Waals surface area contributed by atoms with Crippen molar-refractivity contribution in [1.29, 1.82) is 0 Å². The summed E-state index contributed by atoms with van der Waals surface area (Å²) in [5.74, 6) is -1.93. The molecule has 0 atom stereocenters. The number of nitro groups is 1. The molecule has 2 heterocycles. The predicted octanol–water partition coefficient (Wildman–Crippen LogP) is 2.17. The van der Waals surface area contributed by atoms with E-state index in [9.17, 15) is 14.9 Å². The molecule has 8 nitrogen and oxygen atoms in total. The van der Waals surface area contributed by atoms with E-state index in [-0.39, 0.29) is 23.7 Å². The number of carboxylic acids is 1. The van der Waals surface area contributed by atoms with Gasteiger partial charge in [-0.15, -0.1) is 0 Å². The molecule has 0 fully saturated rings. The predicted molar refractivity (Wildman–Crippen MR) is 65.6 cm³/mol. The van der Waals surface area contributed by atoms with Gasteiger partial charge in [-0.05, 0) is 28.1 Å². The van der Waals surface area contributed by atoms with E-state index < -0.39 is 16.7 Å². The van der Waals surface area contributed by atoms with Gasteiger partial charge in [-0.25, -0.2) is 4.79 Å². The smallest absolute Gasteiger partial charge is 0.406 e. The molecule has 1 N–H and O–H groups in total. The topological polar surface area (TPSA) is 116 Å². The third-order valence-corrected chi connectivity index (χ3v) is 2.48. The number of aromatic nitrogens is 1. The van der Waals surface area contributed by atoms with Crippen LogP contribution in [-0.4, -0.2) is 21.0 Å². The van der Waals surface area contributed by atoms with Crippen LogP contribution in [0, 0.1) is 17.0 Å². The van der Waals surface area contributed by atoms with E-state index in [0.717, 1.165) is 0 Å². The maximum Gasteiger partial charge on any atom is 0.406 e. The Hall–Kier alpha value is -2.90. The fraction of sp³-hybridized carbons (Fsp3) is 0.167. The first kappa shape index (κ1) is 13.5. The second-order valence-electron chi connectivity index (χ2n) is 3.90. The number of carboxylic acid groups (broad SMARTS) is 1. The molecule has 0 saturated carbocycles. The van der Waals surface area contributed by atoms with Crippen LogP contribution >= 0.6 is 0 Å². The number of nitrogens with zero attached hydrogens (tertiary/aromatic N) is 2. The van der Waals surface area contributed by atoms with Crippen molar-refractivity contribution >= 4 is 11.8 Å². The first-order valence-electron chi connectivity index (χ1n) is 5.53. The lowest BCUT2D eigenvalue weighted by Gasteiger charge is -2.05. The fourth-order valence-electron chi connectivity index (χ4n) is 1.57. The van der Waals surface area contributed by atoms with Gasteiger partial charge in [0.1, 0.15) is 12.3 Å². The highest BCUT2D eigenvalue weighted by Gasteiger charge is 2.20. The van der Waals surface area contributed by atoms with E-state index in [1.54, 1.807) is 13.0 Å². The lowest BCUT2D eigenvalue weighted by molar-refractivity contribution is -0.390. The number of ether oxygens (including phenoxy) is 1. The largest absolute Gasteiger partial charge is 0.481 e. The zero-order valence-corrected chi connectivity index (χ0v) is 10.4. The second kappa shape index (κ2) is 5.39. The Morgan fingerprint density at radius 1 is 1.50 bits per heavy atom. The van der Waals surface area contributed by atoms with Crippen molar-refractivity contribution in [2.45, 2.75) is 13.5 Å². The number of carbonyl (C=O) groups is 1. The average molecular weight is 278 g/mol. The minimum Gasteiger partial charge on any atom is -0.481 e. The average Bonchev–Trinajstić information content (AvgIpc) is 2.85. The molecule has 2 rings (SSSR count). The molecule has 20 heavy (non-hydrogen) atoms. The lowest BCUT2D eigenvalue weighted by atomic mass is 10.2. The molecule has 0 amide bonds. The minimum atomic E-state index is -1.23. The number of rotatable bonds is 5. The van der Waals surface area contributed by atoms with Crippen molar-refractivity contribution in [2.75, 3.05) is 0 Å². The molecule has 0 bridgehead atoms. The molecule has 0 aliphatic rings. The summed E-state index contributed by atoms with van der Waals surface area (Å²) in [5, 5.41) is 19.7. The van der Waals surface area contributed by atoms with Crippen LogP contribution in [0.2, 0.25) is 0 Å². The molecule has 104 valence electrons. The number of aromatic carboxylic acids is 1. The summed E-state index contributed by atoms with van der Waals surface area (Å²) in [6, 6.07) is 4.41. The minimum absolute atomic E-state index is 0.0295. The number of pyridine rings is 1. The molecular weight excluding hydrogens is 268 g/mol. The van der Waals surface area contributed by atoms with E-state index in [1.165, 1.54) is 18.4 Å². The van der Waals surface area contributed by atoms with Crippen LogP contribution in [0.1, 0.15) is 21.8 Å². The molecule has 0 saturated heterocycles. The third-order valence-electron chi connectivity index (χ3n) is 2.48. The summed E-state index contributed by atoms with van der Waals surface area (Å²) in [7, 11) is 0. The van der Waals surface area contributed by atoms with Gasteiger partial charge in [-0.2, -0.15) is 0 Å². The highest BCUT2D eigenvalue weighted by Crippen LogP contribution is 2.26. The van der Waals surface area contributed by atoms with Crippen molar-refractivity contribution in [3.63, 3.8) is 0 Å². The first-order valence-corrected chi connectivity index (χ1v) is 5.53. The van der Waals surface area contributed by atoms with Gasteiger partial charge in [0.15, 0.2) is 0 Å². The Morgan fingerprint density at radius 2 is 2.25 bits per heavy atom. The van der Waals surface area contributed by atoms with Gasteiger partial charge in [0.05, 0.1) is 6.26 Å². The van der Waals surface area contributed by atoms with Crippen molar-refractivity contribution in [2.24, 2.45) is 0 Å². The van der Waals surface area contributed by atoms with Gasteiger partial charge in [0.2, 0.25) is 11.5 Å². The summed E-state index contributed by atoms with van der Waals surface area (Å²) in [6.07, 6.45) is 1.21. The molecular formula is C12H10N2O6. The Morgan fingerprint density at radius 3 is 2.90 bits per heavy atom. The van der Waals surface area contributed by atoms with Crippen LogP contribution in [0.3, 0.4) is 0 Å². The summed E-state index contributed by atoms with van der Waals surface area (Å²) >= 11 is 0. The van der Waals surface area contributed by atoms with Crippen molar-refractivity contribution in [1.82, 2.24) is 4.98 Å². The molecule has 0 unspecified atom stereocenters. The van der Waals surface area contributed by atoms with E-state index >= 15 is 0 Å².